The van der Waals surface area contributed by atoms with Crippen LogP contribution in [0, 0.1) is 5.92 Å². The fraction of sp³-hybridized carbons (Fsp3) is 0.458. The fourth-order valence-corrected chi connectivity index (χ4v) is 5.86. The molecule has 2 aromatic carbocycles. The van der Waals surface area contributed by atoms with Crippen LogP contribution < -0.4 is 9.46 Å². The lowest BCUT2D eigenvalue weighted by Gasteiger charge is -2.48. The molecule has 2 aliphatic rings. The van der Waals surface area contributed by atoms with Crippen LogP contribution in [0.5, 0.6) is 5.75 Å². The van der Waals surface area contributed by atoms with Crippen molar-refractivity contribution in [2.45, 2.75) is 69.2 Å². The summed E-state index contributed by atoms with van der Waals surface area (Å²) >= 11 is 3.28. The average Bonchev–Trinajstić information content (AvgIpc) is 2.73. The number of benzene rings is 2. The van der Waals surface area contributed by atoms with Crippen molar-refractivity contribution in [3.8, 4) is 5.75 Å². The Morgan fingerprint density at radius 2 is 1.88 bits per heavy atom. The van der Waals surface area contributed by atoms with Gasteiger partial charge in [0.15, 0.2) is 0 Å². The number of aryl methyl sites for hydroxylation is 1. The molecule has 6 nitrogen and oxygen atoms in total. The van der Waals surface area contributed by atoms with Crippen molar-refractivity contribution in [1.82, 2.24) is 4.72 Å². The Kier molecular flexibility index (Phi) is 6.40. The number of nitrogens with one attached hydrogen (secondary N) is 1. The zero-order chi connectivity index (χ0) is 23.1. The maximum absolute atomic E-state index is 12.6. The van der Waals surface area contributed by atoms with Crippen LogP contribution in [0.25, 0.3) is 0 Å². The second-order valence-electron chi connectivity index (χ2n) is 8.98. The van der Waals surface area contributed by atoms with Gasteiger partial charge in [-0.25, -0.2) is 13.1 Å². The molecule has 0 bridgehead atoms. The lowest BCUT2D eigenvalue weighted by Crippen LogP contribution is -2.49. The molecule has 4 rings (SSSR count). The minimum absolute atomic E-state index is 0.0108. The van der Waals surface area contributed by atoms with Crippen LogP contribution in [0.3, 0.4) is 0 Å². The zero-order valence-corrected chi connectivity index (χ0v) is 20.8. The molecule has 1 fully saturated rings. The molecular weight excluding hydrogens is 494 g/mol. The van der Waals surface area contributed by atoms with Crippen LogP contribution in [-0.4, -0.2) is 26.0 Å². The molecule has 172 valence electrons. The van der Waals surface area contributed by atoms with E-state index in [0.29, 0.717) is 6.42 Å². The summed E-state index contributed by atoms with van der Waals surface area (Å²) in [5.74, 6) is 0.412. The smallest absolute Gasteiger partial charge is 0.264 e. The van der Waals surface area contributed by atoms with E-state index in [9.17, 15) is 13.2 Å². The van der Waals surface area contributed by atoms with Gasteiger partial charge in [-0.3, -0.25) is 4.79 Å². The van der Waals surface area contributed by atoms with Gasteiger partial charge in [-0.1, -0.05) is 28.9 Å². The molecule has 2 heterocycles. The van der Waals surface area contributed by atoms with Gasteiger partial charge in [-0.05, 0) is 75.1 Å². The number of hydrogen-bond donors (Lipinski definition) is 1. The molecule has 0 aromatic heterocycles. The van der Waals surface area contributed by atoms with Gasteiger partial charge in [0.1, 0.15) is 11.4 Å². The highest BCUT2D eigenvalue weighted by atomic mass is 79.9. The predicted octanol–water partition coefficient (Wildman–Crippen LogP) is 4.91. The Hall–Kier alpha value is -1.90. The summed E-state index contributed by atoms with van der Waals surface area (Å²) in [6, 6.07) is 12.3. The fourth-order valence-electron chi connectivity index (χ4n) is 4.60. The maximum Gasteiger partial charge on any atom is 0.264 e. The van der Waals surface area contributed by atoms with Crippen molar-refractivity contribution in [2.75, 3.05) is 0 Å². The first kappa shape index (κ1) is 23.3. The molecule has 1 amide bonds. The van der Waals surface area contributed by atoms with Gasteiger partial charge in [-0.15, -0.1) is 0 Å². The summed E-state index contributed by atoms with van der Waals surface area (Å²) in [7, 11) is -3.92. The molecule has 0 spiro atoms. The minimum atomic E-state index is -3.92. The van der Waals surface area contributed by atoms with Gasteiger partial charge in [-0.2, -0.15) is 0 Å². The Balaban J connectivity index is 1.49. The molecule has 8 heteroatoms. The van der Waals surface area contributed by atoms with Crippen molar-refractivity contribution >= 4 is 31.9 Å². The normalized spacial score (nSPS) is 24.1. The quantitative estimate of drug-likeness (QED) is 0.604. The van der Waals surface area contributed by atoms with E-state index in [1.54, 1.807) is 12.1 Å². The number of sulfonamides is 1. The van der Waals surface area contributed by atoms with Crippen molar-refractivity contribution < 1.29 is 22.7 Å². The third-order valence-corrected chi connectivity index (χ3v) is 8.26. The molecule has 0 aliphatic carbocycles. The molecule has 0 unspecified atom stereocenters. The van der Waals surface area contributed by atoms with Gasteiger partial charge in [0.2, 0.25) is 5.91 Å². The van der Waals surface area contributed by atoms with Crippen LogP contribution in [0.15, 0.2) is 51.8 Å². The summed E-state index contributed by atoms with van der Waals surface area (Å²) in [6.45, 7) is 6.25. The molecule has 2 aromatic rings. The van der Waals surface area contributed by atoms with E-state index in [4.69, 9.17) is 9.47 Å². The Morgan fingerprint density at radius 1 is 1.16 bits per heavy atom. The Morgan fingerprint density at radius 3 is 2.56 bits per heavy atom. The largest absolute Gasteiger partial charge is 0.487 e. The van der Waals surface area contributed by atoms with E-state index in [1.165, 1.54) is 17.7 Å². The first-order valence-electron chi connectivity index (χ1n) is 10.9. The third kappa shape index (κ3) is 4.72. The average molecular weight is 522 g/mol. The molecule has 32 heavy (non-hydrogen) atoms. The number of carbonyl (C=O) groups excluding carboxylic acids is 1. The monoisotopic (exact) mass is 521 g/mol. The number of ether oxygens (including phenoxy) is 2. The highest BCUT2D eigenvalue weighted by molar-refractivity contribution is 9.10. The van der Waals surface area contributed by atoms with Crippen molar-refractivity contribution in [2.24, 2.45) is 5.92 Å². The van der Waals surface area contributed by atoms with Gasteiger partial charge >= 0.3 is 0 Å². The number of halogens is 1. The van der Waals surface area contributed by atoms with Crippen LogP contribution in [0.2, 0.25) is 0 Å². The number of rotatable bonds is 5. The zero-order valence-electron chi connectivity index (χ0n) is 18.4. The highest BCUT2D eigenvalue weighted by Crippen LogP contribution is 2.51. The molecular formula is C24H28BrNO5S. The van der Waals surface area contributed by atoms with E-state index < -0.39 is 15.9 Å². The second kappa shape index (κ2) is 8.80. The number of carbonyl (C=O) groups is 1. The number of amides is 1. The van der Waals surface area contributed by atoms with Crippen LogP contribution in [0.1, 0.15) is 57.3 Å². The Bertz CT molecular complexity index is 1110. The summed E-state index contributed by atoms with van der Waals surface area (Å²) in [5, 5.41) is 0. The first-order valence-corrected chi connectivity index (χ1v) is 13.1. The van der Waals surface area contributed by atoms with E-state index >= 15 is 0 Å². The van der Waals surface area contributed by atoms with Gasteiger partial charge in [0, 0.05) is 16.0 Å². The van der Waals surface area contributed by atoms with Crippen LogP contribution >= 0.6 is 15.9 Å². The molecule has 0 saturated carbocycles. The summed E-state index contributed by atoms with van der Waals surface area (Å²) in [5.41, 5.74) is 1.83. The van der Waals surface area contributed by atoms with E-state index in [-0.39, 0.29) is 35.0 Å². The van der Waals surface area contributed by atoms with E-state index in [1.807, 2.05) is 6.07 Å². The molecule has 0 radical (unpaired) electrons. The minimum Gasteiger partial charge on any atom is -0.487 e. The second-order valence-corrected chi connectivity index (χ2v) is 11.6. The standard InChI is InChI=1S/C24H28BrNO5S/c1-4-15-5-12-21-19(13-15)23-20(24(2,3)31-21)11-8-17(30-23)14-22(27)26-32(28,29)18-9-6-16(25)7-10-18/h5-7,9-10,12-13,17,20,23H,4,8,11,14H2,1-3H3,(H,26,27)/t17-,20+,23-/m1/s1. The lowest BCUT2D eigenvalue weighted by molar-refractivity contribution is -0.155. The van der Waals surface area contributed by atoms with Gasteiger partial charge in [0.05, 0.1) is 23.5 Å². The maximum atomic E-state index is 12.6. The molecule has 1 N–H and O–H groups in total. The Labute approximate surface area is 197 Å². The van der Waals surface area contributed by atoms with Crippen molar-refractivity contribution in [3.63, 3.8) is 0 Å². The lowest BCUT2D eigenvalue weighted by atomic mass is 9.74. The van der Waals surface area contributed by atoms with Crippen LogP contribution in [-0.2, 0) is 26.0 Å². The van der Waals surface area contributed by atoms with Gasteiger partial charge in [0.25, 0.3) is 10.0 Å². The topological polar surface area (TPSA) is 81.7 Å². The van der Waals surface area contributed by atoms with Crippen LogP contribution in [0.4, 0.5) is 0 Å². The van der Waals surface area contributed by atoms with E-state index in [0.717, 1.165) is 28.6 Å². The predicted molar refractivity (Wildman–Crippen MR) is 125 cm³/mol. The SMILES string of the molecule is CCc1ccc2c(c1)[C@H]1O[C@@H](CC(=O)NS(=O)(=O)c3ccc(Br)cc3)CC[C@@H]1C(C)(C)O2. The number of hydrogen-bond acceptors (Lipinski definition) is 5. The summed E-state index contributed by atoms with van der Waals surface area (Å²) < 4.78 is 40.7. The summed E-state index contributed by atoms with van der Waals surface area (Å²) in [6.07, 6.45) is 1.86. The molecule has 2 aliphatic heterocycles. The molecule has 1 saturated heterocycles. The summed E-state index contributed by atoms with van der Waals surface area (Å²) in [4.78, 5) is 12.6. The molecule has 3 atom stereocenters. The van der Waals surface area contributed by atoms with Crippen molar-refractivity contribution in [1.29, 1.82) is 0 Å². The highest BCUT2D eigenvalue weighted by Gasteiger charge is 2.47. The van der Waals surface area contributed by atoms with E-state index in [2.05, 4.69) is 53.6 Å². The first-order chi connectivity index (χ1) is 15.1. The van der Waals surface area contributed by atoms with Gasteiger partial charge < -0.3 is 9.47 Å². The van der Waals surface area contributed by atoms with Crippen molar-refractivity contribution in [3.05, 3.63) is 58.1 Å². The third-order valence-electron chi connectivity index (χ3n) is 6.34. The number of fused-ring (bicyclic) bond motifs is 3.